The molecule has 1 N–H and O–H groups in total. The zero-order valence-corrected chi connectivity index (χ0v) is 12.2. The Hall–Kier alpha value is -0.550. The average molecular weight is 320 g/mol. The second kappa shape index (κ2) is 7.01. The van der Waals surface area contributed by atoms with Crippen LogP contribution < -0.4 is 5.32 Å². The zero-order chi connectivity index (χ0) is 12.8. The van der Waals surface area contributed by atoms with Crippen LogP contribution in [0.2, 0.25) is 0 Å². The molecule has 1 atom stereocenters. The number of hydrogen-bond donors (Lipinski definition) is 1. The van der Waals surface area contributed by atoms with Gasteiger partial charge in [-0.1, -0.05) is 6.92 Å². The molecule has 0 saturated heterocycles. The van der Waals surface area contributed by atoms with Crippen molar-refractivity contribution in [1.29, 1.82) is 0 Å². The molecular formula is C12H15BrFNOS. The minimum absolute atomic E-state index is 0.232. The second-order valence-corrected chi connectivity index (χ2v) is 5.85. The summed E-state index contributed by atoms with van der Waals surface area (Å²) in [5.74, 6) is -0.653. The molecule has 1 amide bonds. The summed E-state index contributed by atoms with van der Waals surface area (Å²) in [6, 6.07) is 4.37. The fraction of sp³-hybridized carbons (Fsp3) is 0.417. The van der Waals surface area contributed by atoms with Crippen LogP contribution in [0.1, 0.15) is 23.7 Å². The van der Waals surface area contributed by atoms with Crippen LogP contribution >= 0.6 is 27.7 Å². The van der Waals surface area contributed by atoms with Gasteiger partial charge in [0.2, 0.25) is 0 Å². The molecule has 17 heavy (non-hydrogen) atoms. The van der Waals surface area contributed by atoms with Crippen LogP contribution in [0.25, 0.3) is 0 Å². The van der Waals surface area contributed by atoms with Crippen molar-refractivity contribution < 1.29 is 9.18 Å². The molecule has 2 nitrogen and oxygen atoms in total. The molecule has 1 aromatic rings. The number of halogens is 2. The van der Waals surface area contributed by atoms with Gasteiger partial charge in [-0.25, -0.2) is 4.39 Å². The summed E-state index contributed by atoms with van der Waals surface area (Å²) in [5, 5.41) is 3.29. The molecule has 94 valence electrons. The normalized spacial score (nSPS) is 12.2. The standard InChI is InChI=1S/C12H15BrFNOS/c1-8(17-2)5-6-15-12(16)9-3-4-10(13)11(14)7-9/h3-4,7-8H,5-6H2,1-2H3,(H,15,16). The maximum absolute atomic E-state index is 13.2. The molecule has 0 radical (unpaired) electrons. The SMILES string of the molecule is CSC(C)CCNC(=O)c1ccc(Br)c(F)c1. The Morgan fingerprint density at radius 2 is 2.29 bits per heavy atom. The van der Waals surface area contributed by atoms with E-state index in [9.17, 15) is 9.18 Å². The minimum atomic E-state index is -0.421. The predicted molar refractivity (Wildman–Crippen MR) is 74.0 cm³/mol. The summed E-state index contributed by atoms with van der Waals surface area (Å²) in [4.78, 5) is 11.7. The van der Waals surface area contributed by atoms with E-state index in [0.29, 0.717) is 21.8 Å². The number of hydrogen-bond acceptors (Lipinski definition) is 2. The number of benzene rings is 1. The molecule has 1 unspecified atom stereocenters. The highest BCUT2D eigenvalue weighted by Gasteiger charge is 2.08. The lowest BCUT2D eigenvalue weighted by Gasteiger charge is -2.09. The van der Waals surface area contributed by atoms with Crippen LogP contribution in [-0.2, 0) is 0 Å². The molecule has 1 rings (SSSR count). The number of nitrogens with one attached hydrogen (secondary N) is 1. The Labute approximate surface area is 113 Å². The first-order valence-electron chi connectivity index (χ1n) is 5.30. The molecule has 0 heterocycles. The summed E-state index contributed by atoms with van der Waals surface area (Å²) in [7, 11) is 0. The van der Waals surface area contributed by atoms with Gasteiger partial charge in [-0.05, 0) is 46.8 Å². The highest BCUT2D eigenvalue weighted by molar-refractivity contribution is 9.10. The van der Waals surface area contributed by atoms with E-state index < -0.39 is 5.82 Å². The van der Waals surface area contributed by atoms with E-state index in [1.165, 1.54) is 12.1 Å². The van der Waals surface area contributed by atoms with Crippen molar-refractivity contribution in [2.45, 2.75) is 18.6 Å². The Morgan fingerprint density at radius 3 is 2.88 bits per heavy atom. The van der Waals surface area contributed by atoms with Crippen molar-refractivity contribution in [2.24, 2.45) is 0 Å². The fourth-order valence-electron chi connectivity index (χ4n) is 1.25. The Bertz CT molecular complexity index is 400. The van der Waals surface area contributed by atoms with E-state index in [4.69, 9.17) is 0 Å². The van der Waals surface area contributed by atoms with Gasteiger partial charge in [-0.15, -0.1) is 0 Å². The molecule has 0 aliphatic carbocycles. The smallest absolute Gasteiger partial charge is 0.251 e. The number of amides is 1. The first kappa shape index (κ1) is 14.5. The van der Waals surface area contributed by atoms with Gasteiger partial charge < -0.3 is 5.32 Å². The minimum Gasteiger partial charge on any atom is -0.352 e. The van der Waals surface area contributed by atoms with Gasteiger partial charge in [0.15, 0.2) is 0 Å². The zero-order valence-electron chi connectivity index (χ0n) is 9.80. The molecule has 0 saturated carbocycles. The molecule has 0 aromatic heterocycles. The van der Waals surface area contributed by atoms with Crippen molar-refractivity contribution in [1.82, 2.24) is 5.32 Å². The van der Waals surface area contributed by atoms with Gasteiger partial charge in [-0.2, -0.15) is 11.8 Å². The number of carbonyl (C=O) groups is 1. The molecule has 0 aliphatic heterocycles. The lowest BCUT2D eigenvalue weighted by molar-refractivity contribution is 0.0953. The quantitative estimate of drug-likeness (QED) is 0.900. The lowest BCUT2D eigenvalue weighted by Crippen LogP contribution is -2.26. The van der Waals surface area contributed by atoms with Gasteiger partial charge >= 0.3 is 0 Å². The third kappa shape index (κ3) is 4.68. The summed E-state index contributed by atoms with van der Waals surface area (Å²) < 4.78 is 13.6. The predicted octanol–water partition coefficient (Wildman–Crippen LogP) is 3.46. The molecule has 0 bridgehead atoms. The Balaban J connectivity index is 2.50. The van der Waals surface area contributed by atoms with E-state index in [1.54, 1.807) is 17.8 Å². The van der Waals surface area contributed by atoms with Gasteiger partial charge in [0, 0.05) is 17.4 Å². The second-order valence-electron chi connectivity index (χ2n) is 3.72. The number of carbonyl (C=O) groups excluding carboxylic acids is 1. The highest BCUT2D eigenvalue weighted by Crippen LogP contribution is 2.16. The largest absolute Gasteiger partial charge is 0.352 e. The average Bonchev–Trinajstić information content (AvgIpc) is 2.32. The molecule has 0 spiro atoms. The van der Waals surface area contributed by atoms with Gasteiger partial charge in [0.25, 0.3) is 5.91 Å². The van der Waals surface area contributed by atoms with Gasteiger partial charge in [-0.3, -0.25) is 4.79 Å². The van der Waals surface area contributed by atoms with Crippen LogP contribution in [-0.4, -0.2) is 24.0 Å². The summed E-state index contributed by atoms with van der Waals surface area (Å²) >= 11 is 4.81. The third-order valence-corrected chi connectivity index (χ3v) is 4.10. The van der Waals surface area contributed by atoms with E-state index in [2.05, 4.69) is 28.2 Å². The maximum atomic E-state index is 13.2. The van der Waals surface area contributed by atoms with Crippen LogP contribution in [0.4, 0.5) is 4.39 Å². The Kier molecular flexibility index (Phi) is 5.98. The third-order valence-electron chi connectivity index (χ3n) is 2.42. The van der Waals surface area contributed by atoms with Gasteiger partial charge in [0.05, 0.1) is 4.47 Å². The highest BCUT2D eigenvalue weighted by atomic mass is 79.9. The van der Waals surface area contributed by atoms with Crippen LogP contribution in [0, 0.1) is 5.82 Å². The lowest BCUT2D eigenvalue weighted by atomic mass is 10.2. The molecule has 0 fully saturated rings. The molecular weight excluding hydrogens is 305 g/mol. The van der Waals surface area contributed by atoms with E-state index >= 15 is 0 Å². The summed E-state index contributed by atoms with van der Waals surface area (Å²) in [6.45, 7) is 2.72. The molecule has 1 aromatic carbocycles. The van der Waals surface area contributed by atoms with Crippen molar-refractivity contribution in [3.05, 3.63) is 34.1 Å². The van der Waals surface area contributed by atoms with E-state index in [0.717, 1.165) is 6.42 Å². The molecule has 0 aliphatic rings. The van der Waals surface area contributed by atoms with Crippen molar-refractivity contribution in [2.75, 3.05) is 12.8 Å². The van der Waals surface area contributed by atoms with Crippen molar-refractivity contribution >= 4 is 33.6 Å². The van der Waals surface area contributed by atoms with E-state index in [-0.39, 0.29) is 5.91 Å². The number of thioether (sulfide) groups is 1. The van der Waals surface area contributed by atoms with Crippen LogP contribution in [0.15, 0.2) is 22.7 Å². The monoisotopic (exact) mass is 319 g/mol. The van der Waals surface area contributed by atoms with Crippen LogP contribution in [0.3, 0.4) is 0 Å². The molecule has 5 heteroatoms. The fourth-order valence-corrected chi connectivity index (χ4v) is 1.85. The first-order chi connectivity index (χ1) is 8.04. The number of rotatable bonds is 5. The summed E-state index contributed by atoms with van der Waals surface area (Å²) in [5.41, 5.74) is 0.350. The van der Waals surface area contributed by atoms with Crippen molar-refractivity contribution in [3.63, 3.8) is 0 Å². The van der Waals surface area contributed by atoms with Crippen molar-refractivity contribution in [3.8, 4) is 0 Å². The first-order valence-corrected chi connectivity index (χ1v) is 7.38. The summed E-state index contributed by atoms with van der Waals surface area (Å²) in [6.07, 6.45) is 2.95. The van der Waals surface area contributed by atoms with Gasteiger partial charge in [0.1, 0.15) is 5.82 Å². The van der Waals surface area contributed by atoms with Crippen LogP contribution in [0.5, 0.6) is 0 Å². The Morgan fingerprint density at radius 1 is 1.59 bits per heavy atom. The topological polar surface area (TPSA) is 29.1 Å². The van der Waals surface area contributed by atoms with E-state index in [1.807, 2.05) is 6.26 Å². The maximum Gasteiger partial charge on any atom is 0.251 e.